The lowest BCUT2D eigenvalue weighted by molar-refractivity contribution is 0.302. The molecule has 1 aromatic heterocycles. The predicted molar refractivity (Wildman–Crippen MR) is 60.0 cm³/mol. The van der Waals surface area contributed by atoms with Gasteiger partial charge in [-0.05, 0) is 41.9 Å². The van der Waals surface area contributed by atoms with Crippen molar-refractivity contribution in [2.24, 2.45) is 0 Å². The molecular weight excluding hydrogens is 277 g/mol. The van der Waals surface area contributed by atoms with Crippen LogP contribution < -0.4 is 4.74 Å². The van der Waals surface area contributed by atoms with Gasteiger partial charge in [0.25, 0.3) is 0 Å². The fourth-order valence-electron chi connectivity index (χ4n) is 1.15. The minimum absolute atomic E-state index is 0.475. The number of rotatable bonds is 3. The highest BCUT2D eigenvalue weighted by Gasteiger charge is 2.23. The second-order valence-corrected chi connectivity index (χ2v) is 4.39. The minimum atomic E-state index is 0.475. The molecule has 1 fully saturated rings. The standard InChI is InChI=1S/C10H12INO/c1-2-7-5-9(6-10(11)12-7)13-8-3-4-8/h5-6,8H,2-4H2,1H3. The van der Waals surface area contributed by atoms with Gasteiger partial charge in [0.05, 0.1) is 6.10 Å². The van der Waals surface area contributed by atoms with Gasteiger partial charge in [-0.2, -0.15) is 0 Å². The summed E-state index contributed by atoms with van der Waals surface area (Å²) in [6, 6.07) is 4.04. The van der Waals surface area contributed by atoms with Crippen molar-refractivity contribution in [3.63, 3.8) is 0 Å². The first-order valence-electron chi connectivity index (χ1n) is 4.61. The second-order valence-electron chi connectivity index (χ2n) is 3.29. The van der Waals surface area contributed by atoms with Crippen LogP contribution in [-0.2, 0) is 6.42 Å². The van der Waals surface area contributed by atoms with Crippen molar-refractivity contribution >= 4 is 22.6 Å². The van der Waals surface area contributed by atoms with Gasteiger partial charge in [0.15, 0.2) is 0 Å². The third kappa shape index (κ3) is 2.56. The van der Waals surface area contributed by atoms with Crippen molar-refractivity contribution < 1.29 is 4.74 Å². The number of nitrogens with zero attached hydrogens (tertiary/aromatic N) is 1. The van der Waals surface area contributed by atoms with Crippen LogP contribution in [0.4, 0.5) is 0 Å². The Hall–Kier alpha value is -0.320. The first-order valence-corrected chi connectivity index (χ1v) is 5.69. The molecule has 0 atom stereocenters. The molecule has 0 radical (unpaired) electrons. The molecule has 2 nitrogen and oxygen atoms in total. The zero-order valence-electron chi connectivity index (χ0n) is 7.59. The van der Waals surface area contributed by atoms with Crippen LogP contribution in [0.5, 0.6) is 5.75 Å². The largest absolute Gasteiger partial charge is 0.490 e. The quantitative estimate of drug-likeness (QED) is 0.630. The van der Waals surface area contributed by atoms with E-state index in [1.54, 1.807) is 0 Å². The smallest absolute Gasteiger partial charge is 0.124 e. The summed E-state index contributed by atoms with van der Waals surface area (Å²) in [7, 11) is 0. The highest BCUT2D eigenvalue weighted by molar-refractivity contribution is 14.1. The molecule has 13 heavy (non-hydrogen) atoms. The summed E-state index contributed by atoms with van der Waals surface area (Å²) < 4.78 is 6.72. The van der Waals surface area contributed by atoms with Crippen LogP contribution in [0.3, 0.4) is 0 Å². The summed E-state index contributed by atoms with van der Waals surface area (Å²) in [5, 5.41) is 0. The third-order valence-corrected chi connectivity index (χ3v) is 2.56. The molecule has 0 aromatic carbocycles. The van der Waals surface area contributed by atoms with E-state index in [1.807, 2.05) is 12.1 Å². The summed E-state index contributed by atoms with van der Waals surface area (Å²) in [6.45, 7) is 2.11. The van der Waals surface area contributed by atoms with E-state index in [0.29, 0.717) is 6.10 Å². The number of ether oxygens (including phenoxy) is 1. The number of halogens is 1. The molecular formula is C10H12INO. The molecule has 0 spiro atoms. The van der Waals surface area contributed by atoms with Gasteiger partial charge in [-0.1, -0.05) is 6.92 Å². The van der Waals surface area contributed by atoms with E-state index in [2.05, 4.69) is 34.5 Å². The van der Waals surface area contributed by atoms with Gasteiger partial charge in [0, 0.05) is 17.8 Å². The maximum Gasteiger partial charge on any atom is 0.124 e. The highest BCUT2D eigenvalue weighted by Crippen LogP contribution is 2.27. The van der Waals surface area contributed by atoms with E-state index in [1.165, 1.54) is 12.8 Å². The Balaban J connectivity index is 2.17. The average molecular weight is 289 g/mol. The Bertz CT molecular complexity index is 310. The second kappa shape index (κ2) is 3.82. The SMILES string of the molecule is CCc1cc(OC2CC2)cc(I)n1. The van der Waals surface area contributed by atoms with E-state index in [4.69, 9.17) is 4.74 Å². The Labute approximate surface area is 91.8 Å². The summed E-state index contributed by atoms with van der Waals surface area (Å²) in [6.07, 6.45) is 3.86. The number of pyridine rings is 1. The summed E-state index contributed by atoms with van der Waals surface area (Å²) in [4.78, 5) is 4.39. The molecule has 2 rings (SSSR count). The molecule has 1 aliphatic carbocycles. The van der Waals surface area contributed by atoms with Gasteiger partial charge in [0.1, 0.15) is 9.45 Å². The molecule has 3 heteroatoms. The number of aryl methyl sites for hydroxylation is 1. The maximum absolute atomic E-state index is 5.70. The van der Waals surface area contributed by atoms with Crippen molar-refractivity contribution in [3.05, 3.63) is 21.5 Å². The van der Waals surface area contributed by atoms with Gasteiger partial charge in [-0.3, -0.25) is 0 Å². The molecule has 1 heterocycles. The summed E-state index contributed by atoms with van der Waals surface area (Å²) in [5.74, 6) is 0.985. The van der Waals surface area contributed by atoms with Crippen molar-refractivity contribution in [3.8, 4) is 5.75 Å². The Kier molecular flexibility index (Phi) is 2.71. The van der Waals surface area contributed by atoms with E-state index in [9.17, 15) is 0 Å². The van der Waals surface area contributed by atoms with Gasteiger partial charge in [0.2, 0.25) is 0 Å². The van der Waals surface area contributed by atoms with Crippen molar-refractivity contribution in [1.29, 1.82) is 0 Å². The molecule has 0 amide bonds. The first kappa shape index (κ1) is 9.24. The summed E-state index contributed by atoms with van der Waals surface area (Å²) >= 11 is 2.23. The molecule has 0 aliphatic heterocycles. The lowest BCUT2D eigenvalue weighted by Gasteiger charge is -2.06. The lowest BCUT2D eigenvalue weighted by atomic mass is 10.3. The van der Waals surface area contributed by atoms with Gasteiger partial charge in [-0.25, -0.2) is 4.98 Å². The molecule has 1 saturated carbocycles. The van der Waals surface area contributed by atoms with Crippen molar-refractivity contribution in [2.45, 2.75) is 32.3 Å². The van der Waals surface area contributed by atoms with E-state index >= 15 is 0 Å². The Morgan fingerprint density at radius 3 is 2.92 bits per heavy atom. The maximum atomic E-state index is 5.70. The molecule has 0 saturated heterocycles. The van der Waals surface area contributed by atoms with Crippen molar-refractivity contribution in [2.75, 3.05) is 0 Å². The average Bonchev–Trinajstić information content (AvgIpc) is 2.87. The van der Waals surface area contributed by atoms with E-state index in [-0.39, 0.29) is 0 Å². The van der Waals surface area contributed by atoms with Gasteiger partial charge >= 0.3 is 0 Å². The molecule has 0 unspecified atom stereocenters. The van der Waals surface area contributed by atoms with Crippen LogP contribution in [0.15, 0.2) is 12.1 Å². The fraction of sp³-hybridized carbons (Fsp3) is 0.500. The van der Waals surface area contributed by atoms with Gasteiger partial charge < -0.3 is 4.74 Å². The number of hydrogen-bond donors (Lipinski definition) is 0. The fourth-order valence-corrected chi connectivity index (χ4v) is 1.77. The third-order valence-electron chi connectivity index (χ3n) is 2.01. The molecule has 0 N–H and O–H groups in total. The van der Waals surface area contributed by atoms with Crippen LogP contribution in [-0.4, -0.2) is 11.1 Å². The predicted octanol–water partition coefficient (Wildman–Crippen LogP) is 2.79. The molecule has 70 valence electrons. The van der Waals surface area contributed by atoms with Crippen LogP contribution in [0.2, 0.25) is 0 Å². The Morgan fingerprint density at radius 1 is 1.54 bits per heavy atom. The van der Waals surface area contributed by atoms with E-state index < -0.39 is 0 Å². The van der Waals surface area contributed by atoms with E-state index in [0.717, 1.165) is 21.6 Å². The van der Waals surface area contributed by atoms with Crippen LogP contribution in [0.25, 0.3) is 0 Å². The zero-order chi connectivity index (χ0) is 9.26. The Morgan fingerprint density at radius 2 is 2.31 bits per heavy atom. The minimum Gasteiger partial charge on any atom is -0.490 e. The normalized spacial score (nSPS) is 15.8. The van der Waals surface area contributed by atoms with Crippen LogP contribution in [0, 0.1) is 3.70 Å². The topological polar surface area (TPSA) is 22.1 Å². The van der Waals surface area contributed by atoms with Crippen LogP contribution in [0.1, 0.15) is 25.5 Å². The molecule has 1 aromatic rings. The highest BCUT2D eigenvalue weighted by atomic mass is 127. The monoisotopic (exact) mass is 289 g/mol. The zero-order valence-corrected chi connectivity index (χ0v) is 9.74. The van der Waals surface area contributed by atoms with Gasteiger partial charge in [-0.15, -0.1) is 0 Å². The number of hydrogen-bond acceptors (Lipinski definition) is 2. The number of aromatic nitrogens is 1. The van der Waals surface area contributed by atoms with Crippen LogP contribution >= 0.6 is 22.6 Å². The van der Waals surface area contributed by atoms with Crippen molar-refractivity contribution in [1.82, 2.24) is 4.98 Å². The summed E-state index contributed by atoms with van der Waals surface area (Å²) in [5.41, 5.74) is 1.11. The first-order chi connectivity index (χ1) is 6.28. The molecule has 1 aliphatic rings. The lowest BCUT2D eigenvalue weighted by Crippen LogP contribution is -1.99. The molecule has 0 bridgehead atoms.